The molecule has 2 amide bonds. The van der Waals surface area contributed by atoms with Gasteiger partial charge in [-0.15, -0.1) is 0 Å². The Kier molecular flexibility index (Phi) is 4.19. The quantitative estimate of drug-likeness (QED) is 0.715. The third-order valence-electron chi connectivity index (χ3n) is 3.79. The van der Waals surface area contributed by atoms with Gasteiger partial charge in [0.15, 0.2) is 0 Å². The fourth-order valence-corrected chi connectivity index (χ4v) is 2.49. The minimum Gasteiger partial charge on any atom is -0.368 e. The van der Waals surface area contributed by atoms with E-state index in [0.717, 1.165) is 12.8 Å². The highest BCUT2D eigenvalue weighted by molar-refractivity contribution is 5.81. The maximum atomic E-state index is 12.1. The second-order valence-electron chi connectivity index (χ2n) is 4.94. The van der Waals surface area contributed by atoms with E-state index in [0.29, 0.717) is 32.8 Å². The Balaban J connectivity index is 1.82. The van der Waals surface area contributed by atoms with Crippen molar-refractivity contribution in [3.63, 3.8) is 0 Å². The van der Waals surface area contributed by atoms with Gasteiger partial charge in [0.05, 0.1) is 6.04 Å². The van der Waals surface area contributed by atoms with Gasteiger partial charge < -0.3 is 15.4 Å². The number of primary amides is 1. The average Bonchev–Trinajstić information content (AvgIpc) is 2.91. The van der Waals surface area contributed by atoms with Crippen molar-refractivity contribution in [3.8, 4) is 0 Å². The Hall–Kier alpha value is -1.14. The van der Waals surface area contributed by atoms with Crippen LogP contribution in [0, 0.1) is 0 Å². The number of piperazine rings is 1. The van der Waals surface area contributed by atoms with Crippen molar-refractivity contribution in [1.29, 1.82) is 0 Å². The fourth-order valence-electron chi connectivity index (χ4n) is 2.49. The van der Waals surface area contributed by atoms with Gasteiger partial charge in [-0.2, -0.15) is 0 Å². The molecule has 0 bridgehead atoms. The van der Waals surface area contributed by atoms with E-state index in [2.05, 4.69) is 0 Å². The maximum Gasteiger partial charge on any atom is 0.251 e. The topological polar surface area (TPSA) is 75.9 Å². The van der Waals surface area contributed by atoms with Crippen molar-refractivity contribution in [2.24, 2.45) is 5.73 Å². The van der Waals surface area contributed by atoms with Gasteiger partial charge >= 0.3 is 0 Å². The molecule has 0 aromatic heterocycles. The van der Waals surface area contributed by atoms with Crippen LogP contribution < -0.4 is 5.73 Å². The molecule has 2 unspecified atom stereocenters. The number of ether oxygens (including phenoxy) is 1. The van der Waals surface area contributed by atoms with Crippen LogP contribution in [0.2, 0.25) is 0 Å². The fraction of sp³-hybridized carbons (Fsp3) is 0.833. The second-order valence-corrected chi connectivity index (χ2v) is 4.94. The standard InChI is InChI=1S/C12H21N3O3/c1-9(11(13)16)14-4-6-15(7-5-14)12(17)10-3-2-8-18-10/h9-10H,2-8H2,1H3,(H2,13,16). The first-order chi connectivity index (χ1) is 8.59. The van der Waals surface area contributed by atoms with E-state index >= 15 is 0 Å². The van der Waals surface area contributed by atoms with Gasteiger partial charge in [-0.25, -0.2) is 0 Å². The summed E-state index contributed by atoms with van der Waals surface area (Å²) in [5, 5.41) is 0. The number of hydrogen-bond acceptors (Lipinski definition) is 4. The smallest absolute Gasteiger partial charge is 0.251 e. The van der Waals surface area contributed by atoms with Crippen LogP contribution in [0.4, 0.5) is 0 Å². The molecule has 2 fully saturated rings. The zero-order valence-electron chi connectivity index (χ0n) is 10.8. The summed E-state index contributed by atoms with van der Waals surface area (Å²) in [6.45, 7) is 5.19. The number of carbonyl (C=O) groups is 2. The molecule has 102 valence electrons. The Morgan fingerprint density at radius 1 is 1.28 bits per heavy atom. The van der Waals surface area contributed by atoms with E-state index in [9.17, 15) is 9.59 Å². The molecule has 0 aliphatic carbocycles. The molecule has 2 saturated heterocycles. The van der Waals surface area contributed by atoms with Crippen LogP contribution in [0.5, 0.6) is 0 Å². The monoisotopic (exact) mass is 255 g/mol. The van der Waals surface area contributed by atoms with Crippen LogP contribution in [0.1, 0.15) is 19.8 Å². The molecule has 6 heteroatoms. The maximum absolute atomic E-state index is 12.1. The molecule has 0 aromatic rings. The van der Waals surface area contributed by atoms with Crippen molar-refractivity contribution in [1.82, 2.24) is 9.80 Å². The number of carbonyl (C=O) groups excluding carboxylic acids is 2. The van der Waals surface area contributed by atoms with E-state index in [1.54, 1.807) is 6.92 Å². The number of nitrogens with zero attached hydrogens (tertiary/aromatic N) is 2. The van der Waals surface area contributed by atoms with Gasteiger partial charge in [-0.1, -0.05) is 0 Å². The molecule has 18 heavy (non-hydrogen) atoms. The van der Waals surface area contributed by atoms with Crippen molar-refractivity contribution in [2.45, 2.75) is 31.9 Å². The minimum atomic E-state index is -0.311. The lowest BCUT2D eigenvalue weighted by Crippen LogP contribution is -2.55. The third kappa shape index (κ3) is 2.81. The van der Waals surface area contributed by atoms with Crippen molar-refractivity contribution in [2.75, 3.05) is 32.8 Å². The van der Waals surface area contributed by atoms with Gasteiger partial charge in [-0.05, 0) is 19.8 Å². The summed E-state index contributed by atoms with van der Waals surface area (Å²) in [4.78, 5) is 27.1. The zero-order chi connectivity index (χ0) is 13.1. The summed E-state index contributed by atoms with van der Waals surface area (Å²) in [5.41, 5.74) is 5.28. The van der Waals surface area contributed by atoms with Crippen LogP contribution in [-0.2, 0) is 14.3 Å². The van der Waals surface area contributed by atoms with Crippen molar-refractivity contribution in [3.05, 3.63) is 0 Å². The van der Waals surface area contributed by atoms with Gasteiger partial charge in [0.25, 0.3) is 5.91 Å². The first-order valence-electron chi connectivity index (χ1n) is 6.53. The zero-order valence-corrected chi connectivity index (χ0v) is 10.8. The van der Waals surface area contributed by atoms with Crippen molar-refractivity contribution >= 4 is 11.8 Å². The van der Waals surface area contributed by atoms with E-state index in [1.807, 2.05) is 9.80 Å². The lowest BCUT2D eigenvalue weighted by Gasteiger charge is -2.37. The Bertz CT molecular complexity index is 321. The number of hydrogen-bond donors (Lipinski definition) is 1. The molecule has 0 spiro atoms. The molecule has 2 atom stereocenters. The van der Waals surface area contributed by atoms with E-state index in [1.165, 1.54) is 0 Å². The molecular formula is C12H21N3O3. The van der Waals surface area contributed by atoms with Crippen LogP contribution in [0.3, 0.4) is 0 Å². The lowest BCUT2D eigenvalue weighted by atomic mass is 10.2. The molecule has 2 aliphatic heterocycles. The average molecular weight is 255 g/mol. The van der Waals surface area contributed by atoms with E-state index in [4.69, 9.17) is 10.5 Å². The highest BCUT2D eigenvalue weighted by atomic mass is 16.5. The molecule has 2 heterocycles. The van der Waals surface area contributed by atoms with Crippen LogP contribution in [0.15, 0.2) is 0 Å². The predicted octanol–water partition coefficient (Wildman–Crippen LogP) is -0.817. The number of amides is 2. The minimum absolute atomic E-state index is 0.0962. The van der Waals surface area contributed by atoms with E-state index in [-0.39, 0.29) is 24.0 Å². The summed E-state index contributed by atoms with van der Waals surface area (Å²) < 4.78 is 5.40. The Morgan fingerprint density at radius 3 is 2.44 bits per heavy atom. The molecule has 0 saturated carbocycles. The van der Waals surface area contributed by atoms with Crippen LogP contribution in [-0.4, -0.2) is 66.5 Å². The molecule has 2 N–H and O–H groups in total. The highest BCUT2D eigenvalue weighted by Crippen LogP contribution is 2.16. The summed E-state index contributed by atoms with van der Waals surface area (Å²) in [5.74, 6) is -0.215. The molecule has 2 rings (SSSR count). The SMILES string of the molecule is CC(C(N)=O)N1CCN(C(=O)C2CCCO2)CC1. The van der Waals surface area contributed by atoms with Gasteiger partial charge in [0.1, 0.15) is 6.10 Å². The molecule has 2 aliphatic rings. The van der Waals surface area contributed by atoms with Gasteiger partial charge in [-0.3, -0.25) is 14.5 Å². The third-order valence-corrected chi connectivity index (χ3v) is 3.79. The molecule has 6 nitrogen and oxygen atoms in total. The summed E-state index contributed by atoms with van der Waals surface area (Å²) >= 11 is 0. The van der Waals surface area contributed by atoms with Crippen LogP contribution in [0.25, 0.3) is 0 Å². The predicted molar refractivity (Wildman–Crippen MR) is 65.8 cm³/mol. The lowest BCUT2D eigenvalue weighted by molar-refractivity contribution is -0.143. The largest absolute Gasteiger partial charge is 0.368 e. The van der Waals surface area contributed by atoms with Gasteiger partial charge in [0.2, 0.25) is 5.91 Å². The first-order valence-corrected chi connectivity index (χ1v) is 6.53. The highest BCUT2D eigenvalue weighted by Gasteiger charge is 2.31. The molecule has 0 aromatic carbocycles. The Morgan fingerprint density at radius 2 is 1.94 bits per heavy atom. The molecule has 0 radical (unpaired) electrons. The molecular weight excluding hydrogens is 234 g/mol. The first kappa shape index (κ1) is 13.3. The summed E-state index contributed by atoms with van der Waals surface area (Å²) in [7, 11) is 0. The van der Waals surface area contributed by atoms with Crippen molar-refractivity contribution < 1.29 is 14.3 Å². The second kappa shape index (κ2) is 5.67. The van der Waals surface area contributed by atoms with Gasteiger partial charge in [0, 0.05) is 32.8 Å². The van der Waals surface area contributed by atoms with E-state index < -0.39 is 0 Å². The van der Waals surface area contributed by atoms with Crippen LogP contribution >= 0.6 is 0 Å². The number of nitrogens with two attached hydrogens (primary N) is 1. The summed E-state index contributed by atoms with van der Waals surface area (Å²) in [6, 6.07) is -0.259. The summed E-state index contributed by atoms with van der Waals surface area (Å²) in [6.07, 6.45) is 1.55. The Labute approximate surface area is 107 Å². The normalized spacial score (nSPS) is 27.2. The number of rotatable bonds is 3.